The Morgan fingerprint density at radius 3 is 1.40 bits per heavy atom. The third kappa shape index (κ3) is 40.1. The van der Waals surface area contributed by atoms with Crippen molar-refractivity contribution in [2.75, 3.05) is 13.2 Å². The van der Waals surface area contributed by atoms with Gasteiger partial charge in [0.05, 0.1) is 13.2 Å². The van der Waals surface area contributed by atoms with Crippen molar-refractivity contribution in [3.05, 3.63) is 24.3 Å². The molecular weight excluding hydrogens is 729 g/mol. The van der Waals surface area contributed by atoms with E-state index < -0.39 is 24.5 Å². The summed E-state index contributed by atoms with van der Waals surface area (Å²) < 4.78 is 6.05. The number of aliphatic hydroxyl groups is 1. The van der Waals surface area contributed by atoms with Crippen LogP contribution in [0.5, 0.6) is 0 Å². The van der Waals surface area contributed by atoms with E-state index in [1.807, 2.05) is 0 Å². The van der Waals surface area contributed by atoms with E-state index in [1.54, 1.807) is 0 Å². The smallest absolute Gasteiger partial charge is 0.328 e. The second kappa shape index (κ2) is 43.9. The Morgan fingerprint density at radius 1 is 0.517 bits per heavy atom. The molecule has 0 aliphatic rings. The van der Waals surface area contributed by atoms with Crippen LogP contribution in [0.1, 0.15) is 239 Å². The van der Waals surface area contributed by atoms with Crippen LogP contribution in [0.2, 0.25) is 0 Å². The van der Waals surface area contributed by atoms with E-state index in [0.717, 1.165) is 77.0 Å². The molecule has 0 rings (SSSR count). The molecule has 9 heteroatoms. The van der Waals surface area contributed by atoms with Gasteiger partial charge >= 0.3 is 11.9 Å². The summed E-state index contributed by atoms with van der Waals surface area (Å²) in [4.78, 5) is 47.7. The minimum Gasteiger partial charge on any atom is -0.480 e. The lowest BCUT2D eigenvalue weighted by atomic mass is 10.0. The topological polar surface area (TPSA) is 142 Å². The first-order valence-corrected chi connectivity index (χ1v) is 24.2. The lowest BCUT2D eigenvalue weighted by Crippen LogP contribution is -2.47. The summed E-state index contributed by atoms with van der Waals surface area (Å²) in [7, 11) is 0. The number of rotatable bonds is 44. The van der Waals surface area contributed by atoms with Gasteiger partial charge in [-0.25, -0.2) is 4.79 Å². The third-order valence-corrected chi connectivity index (χ3v) is 11.0. The predicted octanol–water partition coefficient (Wildman–Crippen LogP) is 12.4. The van der Waals surface area contributed by atoms with Crippen molar-refractivity contribution < 1.29 is 34.1 Å². The van der Waals surface area contributed by atoms with Gasteiger partial charge in [-0.3, -0.25) is 14.4 Å². The molecule has 2 amide bonds. The average Bonchev–Trinajstić information content (AvgIpc) is 3.21. The fourth-order valence-corrected chi connectivity index (χ4v) is 7.22. The molecule has 0 aromatic heterocycles. The fraction of sp³-hybridized carbons (Fsp3) is 0.837. The zero-order chi connectivity index (χ0) is 42.6. The highest BCUT2D eigenvalue weighted by Crippen LogP contribution is 2.19. The molecular formula is C49H90N2O7. The van der Waals surface area contributed by atoms with Crippen LogP contribution in [0.3, 0.4) is 0 Å². The van der Waals surface area contributed by atoms with Crippen LogP contribution >= 0.6 is 0 Å². The summed E-state index contributed by atoms with van der Waals surface area (Å²) >= 11 is 0. The maximum atomic E-state index is 12.8. The molecule has 58 heavy (non-hydrogen) atoms. The number of carboxylic acids is 1. The van der Waals surface area contributed by atoms with Gasteiger partial charge in [-0.15, -0.1) is 0 Å². The Kier molecular flexibility index (Phi) is 41.9. The van der Waals surface area contributed by atoms with Crippen LogP contribution in [-0.2, 0) is 23.9 Å². The first kappa shape index (κ1) is 55.3. The van der Waals surface area contributed by atoms with E-state index in [9.17, 15) is 19.2 Å². The highest BCUT2D eigenvalue weighted by atomic mass is 16.5. The van der Waals surface area contributed by atoms with E-state index in [4.69, 9.17) is 14.9 Å². The molecule has 2 atom stereocenters. The number of esters is 1. The number of amides is 2. The predicted molar refractivity (Wildman–Crippen MR) is 241 cm³/mol. The number of carbonyl (C=O) groups is 4. The number of allylic oxidation sites excluding steroid dienone is 4. The van der Waals surface area contributed by atoms with Crippen molar-refractivity contribution in [3.8, 4) is 0 Å². The SMILES string of the molecule is CCCCCC/C=C\C/C=C\CCCCCCCC(=O)OC(CCCCCCCCCCCCCCCC)CCCCCCCC(=O)NCC(=O)NC(CO)C(=O)O. The van der Waals surface area contributed by atoms with Crippen molar-refractivity contribution in [3.63, 3.8) is 0 Å². The highest BCUT2D eigenvalue weighted by Gasteiger charge is 2.19. The first-order chi connectivity index (χ1) is 28.3. The van der Waals surface area contributed by atoms with E-state index in [1.165, 1.54) is 128 Å². The highest BCUT2D eigenvalue weighted by molar-refractivity contribution is 5.87. The molecule has 0 fully saturated rings. The Morgan fingerprint density at radius 2 is 0.931 bits per heavy atom. The summed E-state index contributed by atoms with van der Waals surface area (Å²) in [5.41, 5.74) is 0. The molecule has 0 aliphatic carbocycles. The zero-order valence-corrected chi connectivity index (χ0v) is 37.6. The number of hydrogen-bond donors (Lipinski definition) is 4. The number of aliphatic hydroxyl groups excluding tert-OH is 1. The van der Waals surface area contributed by atoms with Gasteiger partial charge in [0.25, 0.3) is 0 Å². The van der Waals surface area contributed by atoms with Crippen LogP contribution in [0.25, 0.3) is 0 Å². The van der Waals surface area contributed by atoms with Gasteiger partial charge in [-0.1, -0.05) is 179 Å². The lowest BCUT2D eigenvalue weighted by molar-refractivity contribution is -0.150. The number of unbranched alkanes of at least 4 members (excludes halogenated alkanes) is 26. The summed E-state index contributed by atoms with van der Waals surface area (Å²) in [5.74, 6) is -2.29. The second-order valence-corrected chi connectivity index (χ2v) is 16.6. The number of carbonyl (C=O) groups excluding carboxylic acids is 3. The van der Waals surface area contributed by atoms with Gasteiger partial charge in [0.2, 0.25) is 11.8 Å². The summed E-state index contributed by atoms with van der Waals surface area (Å²) in [6.07, 6.45) is 49.2. The molecule has 0 aromatic rings. The molecule has 0 heterocycles. The quantitative estimate of drug-likeness (QED) is 0.0272. The molecule has 0 saturated carbocycles. The number of nitrogens with one attached hydrogen (secondary N) is 2. The average molecular weight is 819 g/mol. The van der Waals surface area contributed by atoms with Crippen molar-refractivity contribution in [2.45, 2.75) is 251 Å². The molecule has 4 N–H and O–H groups in total. The molecule has 0 aromatic carbocycles. The fourth-order valence-electron chi connectivity index (χ4n) is 7.22. The Hall–Kier alpha value is -2.68. The van der Waals surface area contributed by atoms with Crippen LogP contribution in [-0.4, -0.2) is 59.3 Å². The van der Waals surface area contributed by atoms with Gasteiger partial charge in [0.15, 0.2) is 0 Å². The molecule has 0 saturated heterocycles. The van der Waals surface area contributed by atoms with Gasteiger partial charge < -0.3 is 25.6 Å². The molecule has 0 spiro atoms. The van der Waals surface area contributed by atoms with Crippen LogP contribution < -0.4 is 10.6 Å². The van der Waals surface area contributed by atoms with Crippen molar-refractivity contribution in [2.24, 2.45) is 0 Å². The number of carboxylic acid groups (broad SMARTS) is 1. The minimum absolute atomic E-state index is 0.0176. The molecule has 9 nitrogen and oxygen atoms in total. The van der Waals surface area contributed by atoms with Crippen molar-refractivity contribution >= 4 is 23.8 Å². The maximum absolute atomic E-state index is 12.8. The molecule has 338 valence electrons. The molecule has 0 bridgehead atoms. The Bertz CT molecular complexity index is 1030. The molecule has 0 aliphatic heterocycles. The normalized spacial score (nSPS) is 12.6. The summed E-state index contributed by atoms with van der Waals surface area (Å²) in [5, 5.41) is 22.6. The third-order valence-electron chi connectivity index (χ3n) is 11.0. The van der Waals surface area contributed by atoms with Gasteiger partial charge in [0.1, 0.15) is 12.1 Å². The molecule has 0 radical (unpaired) electrons. The Labute approximate surface area is 355 Å². The van der Waals surface area contributed by atoms with Crippen molar-refractivity contribution in [1.29, 1.82) is 0 Å². The van der Waals surface area contributed by atoms with E-state index >= 15 is 0 Å². The van der Waals surface area contributed by atoms with Crippen LogP contribution in [0.4, 0.5) is 0 Å². The van der Waals surface area contributed by atoms with Gasteiger partial charge in [0, 0.05) is 12.8 Å². The number of hydrogen-bond acceptors (Lipinski definition) is 6. The second-order valence-electron chi connectivity index (χ2n) is 16.6. The van der Waals surface area contributed by atoms with E-state index in [0.29, 0.717) is 19.3 Å². The van der Waals surface area contributed by atoms with Gasteiger partial charge in [-0.2, -0.15) is 0 Å². The zero-order valence-electron chi connectivity index (χ0n) is 37.6. The van der Waals surface area contributed by atoms with E-state index in [2.05, 4.69) is 48.8 Å². The van der Waals surface area contributed by atoms with Crippen LogP contribution in [0, 0.1) is 0 Å². The standard InChI is InChI=1S/C49H90N2O7/c1-3-5-7-9-11-13-15-17-19-20-22-24-26-28-33-37-41-48(55)58-44(38-34-30-27-25-23-21-18-16-14-12-10-8-6-4-2)39-35-31-29-32-36-40-46(53)50-42-47(54)51-45(43-52)49(56)57/h13,15,19-20,44-45,52H,3-12,14,16-18,21-43H2,1-2H3,(H,50,53)(H,51,54)(H,56,57)/b15-13-,20-19-. The summed E-state index contributed by atoms with van der Waals surface area (Å²) in [6.45, 7) is 3.49. The number of aliphatic carboxylic acids is 1. The summed E-state index contributed by atoms with van der Waals surface area (Å²) in [6, 6.07) is -1.38. The largest absolute Gasteiger partial charge is 0.480 e. The first-order valence-electron chi connectivity index (χ1n) is 24.2. The number of ether oxygens (including phenoxy) is 1. The van der Waals surface area contributed by atoms with Crippen LogP contribution in [0.15, 0.2) is 24.3 Å². The van der Waals surface area contributed by atoms with E-state index in [-0.39, 0.29) is 24.5 Å². The van der Waals surface area contributed by atoms with Gasteiger partial charge in [-0.05, 0) is 70.6 Å². The maximum Gasteiger partial charge on any atom is 0.328 e. The molecule has 2 unspecified atom stereocenters. The monoisotopic (exact) mass is 819 g/mol. The minimum atomic E-state index is -1.38. The Balaban J connectivity index is 4.33. The lowest BCUT2D eigenvalue weighted by Gasteiger charge is -2.18. The van der Waals surface area contributed by atoms with Crippen molar-refractivity contribution in [1.82, 2.24) is 10.6 Å².